The summed E-state index contributed by atoms with van der Waals surface area (Å²) in [5.41, 5.74) is 1.04. The Labute approximate surface area is 101 Å². The van der Waals surface area contributed by atoms with Crippen LogP contribution in [0.1, 0.15) is 18.4 Å². The molecule has 0 bridgehead atoms. The normalized spacial score (nSPS) is 21.4. The number of rotatable bonds is 3. The van der Waals surface area contributed by atoms with Crippen molar-refractivity contribution in [3.8, 4) is 11.5 Å². The minimum atomic E-state index is -0.212. The molecule has 0 spiro atoms. The number of phenols is 1. The van der Waals surface area contributed by atoms with Crippen molar-refractivity contribution in [2.75, 3.05) is 20.2 Å². The SMILES string of the molecule is COc1ccc(CN2CCCC(O)C2)cc1O. The van der Waals surface area contributed by atoms with Crippen LogP contribution in [0.3, 0.4) is 0 Å². The van der Waals surface area contributed by atoms with Crippen LogP contribution in [0.15, 0.2) is 18.2 Å². The van der Waals surface area contributed by atoms with E-state index in [0.717, 1.165) is 31.5 Å². The number of β-amino-alcohol motifs (C(OH)–C–C–N with tert-alkyl or cyclic N) is 1. The van der Waals surface area contributed by atoms with Crippen LogP contribution in [0.25, 0.3) is 0 Å². The minimum absolute atomic E-state index is 0.169. The third-order valence-corrected chi connectivity index (χ3v) is 3.13. The summed E-state index contributed by atoms with van der Waals surface area (Å²) in [6.45, 7) is 2.48. The number of likely N-dealkylation sites (tertiary alicyclic amines) is 1. The van der Waals surface area contributed by atoms with Crippen molar-refractivity contribution in [2.24, 2.45) is 0 Å². The second kappa shape index (κ2) is 5.38. The molecule has 1 aliphatic rings. The fourth-order valence-electron chi connectivity index (χ4n) is 2.27. The van der Waals surface area contributed by atoms with E-state index >= 15 is 0 Å². The van der Waals surface area contributed by atoms with Gasteiger partial charge in [-0.1, -0.05) is 6.07 Å². The van der Waals surface area contributed by atoms with E-state index in [4.69, 9.17) is 4.74 Å². The number of aliphatic hydroxyl groups is 1. The minimum Gasteiger partial charge on any atom is -0.504 e. The number of phenolic OH excluding ortho intramolecular Hbond substituents is 1. The predicted molar refractivity (Wildman–Crippen MR) is 65.2 cm³/mol. The van der Waals surface area contributed by atoms with Gasteiger partial charge in [0.2, 0.25) is 0 Å². The smallest absolute Gasteiger partial charge is 0.160 e. The molecule has 1 aliphatic heterocycles. The Morgan fingerprint density at radius 2 is 2.29 bits per heavy atom. The highest BCUT2D eigenvalue weighted by atomic mass is 16.5. The van der Waals surface area contributed by atoms with Crippen LogP contribution in [0.4, 0.5) is 0 Å². The zero-order valence-electron chi connectivity index (χ0n) is 10.1. The molecule has 0 aliphatic carbocycles. The third-order valence-electron chi connectivity index (χ3n) is 3.13. The van der Waals surface area contributed by atoms with Gasteiger partial charge in [0.05, 0.1) is 13.2 Å². The standard InChI is InChI=1S/C13H19NO3/c1-17-13-5-4-10(7-12(13)16)8-14-6-2-3-11(15)9-14/h4-5,7,11,15-16H,2-3,6,8-9H2,1H3. The quantitative estimate of drug-likeness (QED) is 0.833. The largest absolute Gasteiger partial charge is 0.504 e. The Kier molecular flexibility index (Phi) is 3.86. The van der Waals surface area contributed by atoms with Crippen LogP contribution in [-0.2, 0) is 6.54 Å². The zero-order valence-corrected chi connectivity index (χ0v) is 10.1. The first-order chi connectivity index (χ1) is 8.19. The molecule has 0 aromatic heterocycles. The zero-order chi connectivity index (χ0) is 12.3. The lowest BCUT2D eigenvalue weighted by atomic mass is 10.1. The van der Waals surface area contributed by atoms with Gasteiger partial charge in [0, 0.05) is 13.1 Å². The molecular formula is C13H19NO3. The summed E-state index contributed by atoms with van der Waals surface area (Å²) in [5.74, 6) is 0.662. The van der Waals surface area contributed by atoms with Gasteiger partial charge in [0.15, 0.2) is 11.5 Å². The van der Waals surface area contributed by atoms with Gasteiger partial charge in [0.25, 0.3) is 0 Å². The number of nitrogens with zero attached hydrogens (tertiary/aromatic N) is 1. The number of ether oxygens (including phenoxy) is 1. The number of methoxy groups -OCH3 is 1. The van der Waals surface area contributed by atoms with Crippen molar-refractivity contribution in [1.29, 1.82) is 0 Å². The lowest BCUT2D eigenvalue weighted by Gasteiger charge is -2.30. The molecule has 0 saturated carbocycles. The molecule has 1 fully saturated rings. The summed E-state index contributed by atoms with van der Waals surface area (Å²) in [4.78, 5) is 2.20. The summed E-state index contributed by atoms with van der Waals surface area (Å²) in [6.07, 6.45) is 1.71. The van der Waals surface area contributed by atoms with Gasteiger partial charge < -0.3 is 14.9 Å². The second-order valence-corrected chi connectivity index (χ2v) is 4.54. The van der Waals surface area contributed by atoms with Gasteiger partial charge in [-0.25, -0.2) is 0 Å². The molecule has 0 amide bonds. The molecule has 1 aromatic rings. The maximum absolute atomic E-state index is 9.68. The fraction of sp³-hybridized carbons (Fsp3) is 0.538. The summed E-state index contributed by atoms with van der Waals surface area (Å²) in [7, 11) is 1.54. The third kappa shape index (κ3) is 3.11. The van der Waals surface area contributed by atoms with Crippen LogP contribution >= 0.6 is 0 Å². The van der Waals surface area contributed by atoms with E-state index in [1.54, 1.807) is 12.1 Å². The molecule has 1 saturated heterocycles. The van der Waals surface area contributed by atoms with E-state index in [-0.39, 0.29) is 11.9 Å². The maximum atomic E-state index is 9.68. The van der Waals surface area contributed by atoms with Crippen molar-refractivity contribution in [1.82, 2.24) is 4.90 Å². The average Bonchev–Trinajstić information content (AvgIpc) is 2.29. The second-order valence-electron chi connectivity index (χ2n) is 4.54. The lowest BCUT2D eigenvalue weighted by Crippen LogP contribution is -2.37. The number of hydrogen-bond donors (Lipinski definition) is 2. The average molecular weight is 237 g/mol. The Hall–Kier alpha value is -1.26. The van der Waals surface area contributed by atoms with Gasteiger partial charge >= 0.3 is 0 Å². The highest BCUT2D eigenvalue weighted by Crippen LogP contribution is 2.27. The number of hydrogen-bond acceptors (Lipinski definition) is 4. The van der Waals surface area contributed by atoms with E-state index in [9.17, 15) is 10.2 Å². The molecule has 1 heterocycles. The highest BCUT2D eigenvalue weighted by Gasteiger charge is 2.17. The van der Waals surface area contributed by atoms with Crippen molar-refractivity contribution in [3.63, 3.8) is 0 Å². The molecule has 17 heavy (non-hydrogen) atoms. The number of benzene rings is 1. The molecule has 1 atom stereocenters. The van der Waals surface area contributed by atoms with Crippen LogP contribution < -0.4 is 4.74 Å². The number of aliphatic hydroxyl groups excluding tert-OH is 1. The molecular weight excluding hydrogens is 218 g/mol. The number of piperidine rings is 1. The van der Waals surface area contributed by atoms with E-state index in [2.05, 4.69) is 4.90 Å². The van der Waals surface area contributed by atoms with Gasteiger partial charge in [-0.2, -0.15) is 0 Å². The Balaban J connectivity index is 2.00. The van der Waals surface area contributed by atoms with E-state index in [0.29, 0.717) is 12.3 Å². The first-order valence-corrected chi connectivity index (χ1v) is 5.95. The van der Waals surface area contributed by atoms with Gasteiger partial charge in [-0.15, -0.1) is 0 Å². The Morgan fingerprint density at radius 1 is 1.47 bits per heavy atom. The monoisotopic (exact) mass is 237 g/mol. The molecule has 4 nitrogen and oxygen atoms in total. The molecule has 1 aromatic carbocycles. The predicted octanol–water partition coefficient (Wildman–Crippen LogP) is 1.36. The van der Waals surface area contributed by atoms with Gasteiger partial charge in [-0.3, -0.25) is 4.90 Å². The maximum Gasteiger partial charge on any atom is 0.160 e. The van der Waals surface area contributed by atoms with E-state index in [1.165, 1.54) is 7.11 Å². The van der Waals surface area contributed by atoms with Crippen LogP contribution in [0.2, 0.25) is 0 Å². The fourth-order valence-corrected chi connectivity index (χ4v) is 2.27. The number of aromatic hydroxyl groups is 1. The summed E-state index contributed by atoms with van der Waals surface area (Å²) < 4.78 is 5.00. The molecule has 94 valence electrons. The molecule has 4 heteroatoms. The molecule has 0 radical (unpaired) electrons. The van der Waals surface area contributed by atoms with Gasteiger partial charge in [-0.05, 0) is 37.1 Å². The Bertz CT molecular complexity index is 381. The topological polar surface area (TPSA) is 52.9 Å². The molecule has 2 N–H and O–H groups in total. The van der Waals surface area contributed by atoms with Crippen molar-refractivity contribution in [3.05, 3.63) is 23.8 Å². The first kappa shape index (κ1) is 12.2. The summed E-state index contributed by atoms with van der Waals surface area (Å²) in [6, 6.07) is 5.43. The summed E-state index contributed by atoms with van der Waals surface area (Å²) in [5, 5.41) is 19.3. The van der Waals surface area contributed by atoms with E-state index in [1.807, 2.05) is 6.07 Å². The van der Waals surface area contributed by atoms with Crippen LogP contribution in [0, 0.1) is 0 Å². The van der Waals surface area contributed by atoms with Crippen molar-refractivity contribution in [2.45, 2.75) is 25.5 Å². The van der Waals surface area contributed by atoms with Crippen molar-refractivity contribution < 1.29 is 14.9 Å². The molecule has 1 unspecified atom stereocenters. The first-order valence-electron chi connectivity index (χ1n) is 5.95. The van der Waals surface area contributed by atoms with Crippen LogP contribution in [0.5, 0.6) is 11.5 Å². The Morgan fingerprint density at radius 3 is 2.94 bits per heavy atom. The highest BCUT2D eigenvalue weighted by molar-refractivity contribution is 5.41. The van der Waals surface area contributed by atoms with Crippen molar-refractivity contribution >= 4 is 0 Å². The molecule has 2 rings (SSSR count). The van der Waals surface area contributed by atoms with Crippen LogP contribution in [-0.4, -0.2) is 41.4 Å². The lowest BCUT2D eigenvalue weighted by molar-refractivity contribution is 0.0668. The summed E-state index contributed by atoms with van der Waals surface area (Å²) >= 11 is 0. The van der Waals surface area contributed by atoms with Gasteiger partial charge in [0.1, 0.15) is 0 Å². The van der Waals surface area contributed by atoms with E-state index < -0.39 is 0 Å².